The highest BCUT2D eigenvalue weighted by Gasteiger charge is 2.20. The zero-order valence-electron chi connectivity index (χ0n) is 21.2. The van der Waals surface area contributed by atoms with Gasteiger partial charge in [0.2, 0.25) is 5.91 Å². The van der Waals surface area contributed by atoms with Gasteiger partial charge in [0.1, 0.15) is 5.01 Å². The van der Waals surface area contributed by atoms with Crippen molar-refractivity contribution in [2.24, 2.45) is 0 Å². The molecule has 6 nitrogen and oxygen atoms in total. The van der Waals surface area contributed by atoms with Crippen molar-refractivity contribution < 1.29 is 9.53 Å². The lowest BCUT2D eigenvalue weighted by molar-refractivity contribution is -0.117. The van der Waals surface area contributed by atoms with E-state index in [-0.39, 0.29) is 5.91 Å². The minimum atomic E-state index is -0.00740. The normalized spacial score (nSPS) is 15.9. The first-order valence-corrected chi connectivity index (χ1v) is 12.9. The van der Waals surface area contributed by atoms with E-state index in [4.69, 9.17) is 9.72 Å². The number of rotatable bonds is 8. The van der Waals surface area contributed by atoms with Gasteiger partial charge in [-0.25, -0.2) is 4.98 Å². The zero-order valence-corrected chi connectivity index (χ0v) is 22.0. The zero-order chi connectivity index (χ0) is 24.4. The van der Waals surface area contributed by atoms with Crippen molar-refractivity contribution in [2.75, 3.05) is 25.5 Å². The summed E-state index contributed by atoms with van der Waals surface area (Å²) in [4.78, 5) is 19.6. The third-order valence-electron chi connectivity index (χ3n) is 6.57. The Morgan fingerprint density at radius 1 is 1.21 bits per heavy atom. The molecule has 1 aromatic carbocycles. The topological polar surface area (TPSA) is 59.4 Å². The van der Waals surface area contributed by atoms with E-state index < -0.39 is 0 Å². The number of carbonyl (C=O) groups excluding carboxylic acids is 1. The Hall–Kier alpha value is -2.48. The van der Waals surface area contributed by atoms with Crippen LogP contribution in [0.1, 0.15) is 45.9 Å². The predicted octanol–water partition coefficient (Wildman–Crippen LogP) is 5.40. The molecule has 1 N–H and O–H groups in total. The van der Waals surface area contributed by atoms with E-state index >= 15 is 0 Å². The number of benzene rings is 1. The van der Waals surface area contributed by atoms with E-state index in [1.54, 1.807) is 11.3 Å². The summed E-state index contributed by atoms with van der Waals surface area (Å²) in [5.74, 6) is -0.00740. The fraction of sp³-hybridized carbons (Fsp3) is 0.481. The molecule has 1 saturated heterocycles. The first kappa shape index (κ1) is 24.6. The van der Waals surface area contributed by atoms with E-state index in [1.165, 1.54) is 22.5 Å². The maximum absolute atomic E-state index is 12.7. The van der Waals surface area contributed by atoms with Gasteiger partial charge in [0.05, 0.1) is 24.9 Å². The Kier molecular flexibility index (Phi) is 7.55. The van der Waals surface area contributed by atoms with Crippen molar-refractivity contribution in [2.45, 2.75) is 66.7 Å². The summed E-state index contributed by atoms with van der Waals surface area (Å²) >= 11 is 1.65. The number of nitrogens with zero attached hydrogens (tertiary/aromatic N) is 3. The highest BCUT2D eigenvalue weighted by molar-refractivity contribution is 7.09. The minimum absolute atomic E-state index is 0.00740. The Balaban J connectivity index is 1.38. The first-order valence-electron chi connectivity index (χ1n) is 12.0. The monoisotopic (exact) mass is 480 g/mol. The molecule has 4 rings (SSSR count). The minimum Gasteiger partial charge on any atom is -0.376 e. The van der Waals surface area contributed by atoms with Crippen LogP contribution in [0.15, 0.2) is 23.6 Å². The molecule has 34 heavy (non-hydrogen) atoms. The molecule has 1 atom stereocenters. The molecule has 1 amide bonds. The Morgan fingerprint density at radius 3 is 2.62 bits per heavy atom. The molecule has 3 aromatic rings. The summed E-state index contributed by atoms with van der Waals surface area (Å²) in [6.45, 7) is 13.2. The van der Waals surface area contributed by atoms with Gasteiger partial charge in [-0.2, -0.15) is 0 Å². The quantitative estimate of drug-likeness (QED) is 0.469. The van der Waals surface area contributed by atoms with Gasteiger partial charge in [-0.05, 0) is 71.7 Å². The van der Waals surface area contributed by atoms with Gasteiger partial charge in [0.15, 0.2) is 0 Å². The molecule has 1 aliphatic rings. The van der Waals surface area contributed by atoms with Crippen LogP contribution in [0.3, 0.4) is 0 Å². The molecular weight excluding hydrogens is 444 g/mol. The standard InChI is InChI=1S/C27H36N4O2S/c1-17-10-18(2)27(19(3)11-17)29-25(32)14-30(6)15-26-28-24(16-34-26)23-12-20(4)31(21(23)5)13-22-8-7-9-33-22/h10-12,16,22H,7-9,13-15H2,1-6H3,(H,29,32)/t22-/m0/s1. The van der Waals surface area contributed by atoms with Crippen LogP contribution in [0.25, 0.3) is 11.3 Å². The highest BCUT2D eigenvalue weighted by Crippen LogP contribution is 2.30. The number of carbonyl (C=O) groups is 1. The lowest BCUT2D eigenvalue weighted by Crippen LogP contribution is -2.30. The van der Waals surface area contributed by atoms with Crippen molar-refractivity contribution in [1.29, 1.82) is 0 Å². The summed E-state index contributed by atoms with van der Waals surface area (Å²) in [6, 6.07) is 6.43. The second-order valence-electron chi connectivity index (χ2n) is 9.65. The Morgan fingerprint density at radius 2 is 1.94 bits per heavy atom. The van der Waals surface area contributed by atoms with Gasteiger partial charge in [-0.15, -0.1) is 11.3 Å². The largest absolute Gasteiger partial charge is 0.376 e. The van der Waals surface area contributed by atoms with Crippen molar-refractivity contribution >= 4 is 22.9 Å². The summed E-state index contributed by atoms with van der Waals surface area (Å²) in [5, 5.41) is 6.23. The Bertz CT molecular complexity index is 1150. The molecule has 0 unspecified atom stereocenters. The van der Waals surface area contributed by atoms with Crippen molar-refractivity contribution in [1.82, 2.24) is 14.5 Å². The van der Waals surface area contributed by atoms with Gasteiger partial charge in [0, 0.05) is 41.2 Å². The van der Waals surface area contributed by atoms with Crippen molar-refractivity contribution in [3.8, 4) is 11.3 Å². The number of hydrogen-bond donors (Lipinski definition) is 1. The molecule has 0 aliphatic carbocycles. The van der Waals surface area contributed by atoms with Crippen LogP contribution in [-0.2, 0) is 22.6 Å². The van der Waals surface area contributed by atoms with Crippen LogP contribution in [0.2, 0.25) is 0 Å². The van der Waals surface area contributed by atoms with Gasteiger partial charge in [-0.3, -0.25) is 9.69 Å². The van der Waals surface area contributed by atoms with E-state index in [9.17, 15) is 4.79 Å². The van der Waals surface area contributed by atoms with Crippen LogP contribution in [-0.4, -0.2) is 46.7 Å². The molecule has 0 radical (unpaired) electrons. The summed E-state index contributed by atoms with van der Waals surface area (Å²) in [7, 11) is 1.96. The molecule has 0 bridgehead atoms. The molecule has 1 aliphatic heterocycles. The van der Waals surface area contributed by atoms with Gasteiger partial charge >= 0.3 is 0 Å². The Labute approximate surface area is 207 Å². The summed E-state index contributed by atoms with van der Waals surface area (Å²) in [5.41, 5.74) is 8.98. The molecule has 1 fully saturated rings. The van der Waals surface area contributed by atoms with E-state index in [0.29, 0.717) is 19.2 Å². The molecule has 2 aromatic heterocycles. The third-order valence-corrected chi connectivity index (χ3v) is 7.41. The fourth-order valence-electron chi connectivity index (χ4n) is 4.93. The van der Waals surface area contributed by atoms with Gasteiger partial charge < -0.3 is 14.6 Å². The number of likely N-dealkylation sites (N-methyl/N-ethyl adjacent to an activating group) is 1. The lowest BCUT2D eigenvalue weighted by Gasteiger charge is -2.17. The maximum atomic E-state index is 12.7. The molecule has 0 spiro atoms. The molecule has 3 heterocycles. The number of aryl methyl sites for hydroxylation is 4. The van der Waals surface area contributed by atoms with Gasteiger partial charge in [-0.1, -0.05) is 17.7 Å². The highest BCUT2D eigenvalue weighted by atomic mass is 32.1. The van der Waals surface area contributed by atoms with Crippen LogP contribution in [0.5, 0.6) is 0 Å². The molecular formula is C27H36N4O2S. The van der Waals surface area contributed by atoms with Crippen LogP contribution < -0.4 is 5.32 Å². The number of anilines is 1. The lowest BCUT2D eigenvalue weighted by atomic mass is 10.1. The maximum Gasteiger partial charge on any atom is 0.238 e. The smallest absolute Gasteiger partial charge is 0.238 e. The van der Waals surface area contributed by atoms with Gasteiger partial charge in [0.25, 0.3) is 0 Å². The van der Waals surface area contributed by atoms with E-state index in [0.717, 1.165) is 53.5 Å². The number of amides is 1. The number of ether oxygens (including phenoxy) is 1. The number of nitrogens with one attached hydrogen (secondary N) is 1. The first-order chi connectivity index (χ1) is 16.2. The fourth-order valence-corrected chi connectivity index (χ4v) is 5.80. The second kappa shape index (κ2) is 10.4. The van der Waals surface area contributed by atoms with Crippen LogP contribution in [0, 0.1) is 34.6 Å². The van der Waals surface area contributed by atoms with Crippen LogP contribution in [0.4, 0.5) is 5.69 Å². The van der Waals surface area contributed by atoms with Crippen molar-refractivity contribution in [3.63, 3.8) is 0 Å². The average Bonchev–Trinajstić information content (AvgIpc) is 3.49. The van der Waals surface area contributed by atoms with Crippen molar-refractivity contribution in [3.05, 3.63) is 56.7 Å². The molecule has 7 heteroatoms. The molecule has 182 valence electrons. The average molecular weight is 481 g/mol. The summed E-state index contributed by atoms with van der Waals surface area (Å²) < 4.78 is 8.20. The summed E-state index contributed by atoms with van der Waals surface area (Å²) in [6.07, 6.45) is 2.61. The predicted molar refractivity (Wildman–Crippen MR) is 140 cm³/mol. The molecule has 0 saturated carbocycles. The van der Waals surface area contributed by atoms with E-state index in [2.05, 4.69) is 54.2 Å². The third kappa shape index (κ3) is 5.59. The number of hydrogen-bond acceptors (Lipinski definition) is 5. The van der Waals surface area contributed by atoms with Crippen LogP contribution >= 0.6 is 11.3 Å². The SMILES string of the molecule is Cc1cc(C)c(NC(=O)CN(C)Cc2nc(-c3cc(C)n(C[C@@H]4CCCO4)c3C)cs2)c(C)c1. The van der Waals surface area contributed by atoms with E-state index in [1.807, 2.05) is 25.8 Å². The second-order valence-corrected chi connectivity index (χ2v) is 10.6. The number of aromatic nitrogens is 2. The number of thiazole rings is 1.